The molecular weight excluding hydrogens is 326 g/mol. The zero-order valence-electron chi connectivity index (χ0n) is 15.0. The van der Waals surface area contributed by atoms with Crippen molar-refractivity contribution in [3.63, 3.8) is 0 Å². The molecule has 0 amide bonds. The fourth-order valence-electron chi connectivity index (χ4n) is 4.82. The summed E-state index contributed by atoms with van der Waals surface area (Å²) in [5.41, 5.74) is 9.55. The average molecular weight is 345 g/mol. The van der Waals surface area contributed by atoms with Crippen molar-refractivity contribution < 1.29 is 0 Å². The van der Waals surface area contributed by atoms with Gasteiger partial charge in [-0.1, -0.05) is 78.9 Å². The van der Waals surface area contributed by atoms with Gasteiger partial charge in [-0.2, -0.15) is 0 Å². The quantitative estimate of drug-likeness (QED) is 0.384. The van der Waals surface area contributed by atoms with Gasteiger partial charge in [0.2, 0.25) is 0 Å². The van der Waals surface area contributed by atoms with E-state index in [-0.39, 0.29) is 0 Å². The van der Waals surface area contributed by atoms with Crippen LogP contribution in [0, 0.1) is 0 Å². The summed E-state index contributed by atoms with van der Waals surface area (Å²) in [6, 6.07) is 28.5. The molecule has 0 N–H and O–H groups in total. The Hall–Kier alpha value is -3.32. The zero-order chi connectivity index (χ0) is 17.8. The highest BCUT2D eigenvalue weighted by molar-refractivity contribution is 6.03. The lowest BCUT2D eigenvalue weighted by molar-refractivity contribution is 0.903. The Labute approximate surface area is 158 Å². The molecule has 1 nitrogen and oxygen atoms in total. The topological polar surface area (TPSA) is 4.93 Å². The first-order valence-corrected chi connectivity index (χ1v) is 9.58. The van der Waals surface area contributed by atoms with Gasteiger partial charge in [0.05, 0.1) is 11.4 Å². The molecule has 0 saturated carbocycles. The summed E-state index contributed by atoms with van der Waals surface area (Å²) in [5.74, 6) is 0.294. The minimum absolute atomic E-state index is 0.294. The van der Waals surface area contributed by atoms with Crippen molar-refractivity contribution in [2.24, 2.45) is 0 Å². The van der Waals surface area contributed by atoms with Gasteiger partial charge in [0.1, 0.15) is 0 Å². The highest BCUT2D eigenvalue weighted by Gasteiger charge is 2.36. The van der Waals surface area contributed by atoms with Gasteiger partial charge in [-0.05, 0) is 41.3 Å². The predicted molar refractivity (Wildman–Crippen MR) is 112 cm³/mol. The smallest absolute Gasteiger partial charge is 0.0538 e. The second-order valence-corrected chi connectivity index (χ2v) is 7.31. The zero-order valence-corrected chi connectivity index (χ0v) is 15.0. The second-order valence-electron chi connectivity index (χ2n) is 7.31. The molecule has 1 heteroatoms. The Morgan fingerprint density at radius 1 is 0.778 bits per heavy atom. The van der Waals surface area contributed by atoms with E-state index in [1.54, 1.807) is 0 Å². The van der Waals surface area contributed by atoms with E-state index in [9.17, 15) is 0 Å². The van der Waals surface area contributed by atoms with Crippen molar-refractivity contribution in [2.75, 3.05) is 0 Å². The maximum Gasteiger partial charge on any atom is 0.0538 e. The minimum Gasteiger partial charge on any atom is -0.312 e. The van der Waals surface area contributed by atoms with Crippen molar-refractivity contribution in [3.05, 3.63) is 114 Å². The summed E-state index contributed by atoms with van der Waals surface area (Å²) in [6.45, 7) is 0. The molecule has 0 fully saturated rings. The Kier molecular flexibility index (Phi) is 3.06. The Balaban J connectivity index is 1.78. The first-order chi connectivity index (χ1) is 13.4. The van der Waals surface area contributed by atoms with Crippen molar-refractivity contribution in [3.8, 4) is 16.8 Å². The molecule has 3 aromatic carbocycles. The molecule has 0 radical (unpaired) electrons. The second kappa shape index (κ2) is 5.59. The van der Waals surface area contributed by atoms with Gasteiger partial charge >= 0.3 is 0 Å². The summed E-state index contributed by atoms with van der Waals surface area (Å²) >= 11 is 0. The van der Waals surface area contributed by atoms with E-state index < -0.39 is 0 Å². The SMILES string of the molecule is C1=CC(C2c3ccccc3-c3c2n(-c2ccccc2)c2ccccc32)=CC1. The molecule has 1 aromatic heterocycles. The van der Waals surface area contributed by atoms with Crippen molar-refractivity contribution in [2.45, 2.75) is 12.3 Å². The van der Waals surface area contributed by atoms with Crippen molar-refractivity contribution >= 4 is 10.9 Å². The van der Waals surface area contributed by atoms with E-state index in [1.807, 2.05) is 0 Å². The maximum atomic E-state index is 2.47. The third-order valence-electron chi connectivity index (χ3n) is 5.87. The number of benzene rings is 3. The molecule has 1 unspecified atom stereocenters. The Morgan fingerprint density at radius 3 is 2.41 bits per heavy atom. The monoisotopic (exact) mass is 345 g/mol. The molecule has 2 aliphatic carbocycles. The van der Waals surface area contributed by atoms with Gasteiger partial charge in [0.25, 0.3) is 0 Å². The number of nitrogens with zero attached hydrogens (tertiary/aromatic N) is 1. The van der Waals surface area contributed by atoms with Gasteiger partial charge < -0.3 is 4.57 Å². The lowest BCUT2D eigenvalue weighted by Gasteiger charge is -2.18. The average Bonchev–Trinajstić information content (AvgIpc) is 3.42. The standard InChI is InChI=1S/C26H19N/c1-2-12-19(13-3-1)27-23-17-9-8-16-22(23)25-21-15-7-6-14-20(21)24(26(25)27)18-10-4-5-11-18/h1-4,6-17,24H,5H2. The van der Waals surface area contributed by atoms with E-state index in [0.717, 1.165) is 6.42 Å². The molecule has 0 aliphatic heterocycles. The van der Waals surface area contributed by atoms with Crippen molar-refractivity contribution in [1.29, 1.82) is 0 Å². The molecule has 0 bridgehead atoms. The summed E-state index contributed by atoms with van der Waals surface area (Å²) in [4.78, 5) is 0. The summed E-state index contributed by atoms with van der Waals surface area (Å²) in [6.07, 6.45) is 7.99. The molecule has 0 saturated heterocycles. The lowest BCUT2D eigenvalue weighted by Crippen LogP contribution is -2.06. The number of rotatable bonds is 2. The van der Waals surface area contributed by atoms with Crippen LogP contribution in [-0.4, -0.2) is 4.57 Å². The third kappa shape index (κ3) is 2.00. The van der Waals surface area contributed by atoms with Gasteiger partial charge in [-0.25, -0.2) is 0 Å². The van der Waals surface area contributed by atoms with Crippen LogP contribution >= 0.6 is 0 Å². The fraction of sp³-hybridized carbons (Fsp3) is 0.0769. The first kappa shape index (κ1) is 14.8. The van der Waals surface area contributed by atoms with Crippen LogP contribution in [-0.2, 0) is 0 Å². The molecule has 4 aromatic rings. The van der Waals surface area contributed by atoms with Crippen LogP contribution in [0.2, 0.25) is 0 Å². The van der Waals surface area contributed by atoms with Crippen LogP contribution in [0.1, 0.15) is 23.6 Å². The molecule has 1 heterocycles. The van der Waals surface area contributed by atoms with Crippen LogP contribution in [0.25, 0.3) is 27.7 Å². The largest absolute Gasteiger partial charge is 0.312 e. The van der Waals surface area contributed by atoms with Gasteiger partial charge in [-0.15, -0.1) is 0 Å². The summed E-state index contributed by atoms with van der Waals surface area (Å²) < 4.78 is 2.47. The van der Waals surface area contributed by atoms with Crippen LogP contribution in [0.15, 0.2) is 103 Å². The number of hydrogen-bond donors (Lipinski definition) is 0. The van der Waals surface area contributed by atoms with Crippen molar-refractivity contribution in [1.82, 2.24) is 4.57 Å². The van der Waals surface area contributed by atoms with E-state index >= 15 is 0 Å². The van der Waals surface area contributed by atoms with Gasteiger partial charge in [0.15, 0.2) is 0 Å². The first-order valence-electron chi connectivity index (χ1n) is 9.58. The van der Waals surface area contributed by atoms with Crippen LogP contribution in [0.5, 0.6) is 0 Å². The fourth-order valence-corrected chi connectivity index (χ4v) is 4.82. The van der Waals surface area contributed by atoms with E-state index in [1.165, 1.54) is 44.5 Å². The highest BCUT2D eigenvalue weighted by Crippen LogP contribution is 2.53. The Bertz CT molecular complexity index is 1220. The van der Waals surface area contributed by atoms with Crippen LogP contribution < -0.4 is 0 Å². The van der Waals surface area contributed by atoms with Gasteiger partial charge in [0, 0.05) is 22.3 Å². The molecule has 6 rings (SSSR count). The molecule has 27 heavy (non-hydrogen) atoms. The van der Waals surface area contributed by atoms with Crippen LogP contribution in [0.4, 0.5) is 0 Å². The third-order valence-corrected chi connectivity index (χ3v) is 5.87. The molecule has 2 aliphatic rings. The molecule has 1 atom stereocenters. The summed E-state index contributed by atoms with van der Waals surface area (Å²) in [5, 5.41) is 1.34. The summed E-state index contributed by atoms with van der Waals surface area (Å²) in [7, 11) is 0. The maximum absolute atomic E-state index is 2.47. The number of hydrogen-bond acceptors (Lipinski definition) is 0. The molecular formula is C26H19N. The van der Waals surface area contributed by atoms with E-state index in [4.69, 9.17) is 0 Å². The van der Waals surface area contributed by atoms with Gasteiger partial charge in [-0.3, -0.25) is 0 Å². The Morgan fingerprint density at radius 2 is 1.56 bits per heavy atom. The van der Waals surface area contributed by atoms with E-state index in [0.29, 0.717) is 5.92 Å². The predicted octanol–water partition coefficient (Wildman–Crippen LogP) is 6.63. The number of aromatic nitrogens is 1. The number of allylic oxidation sites excluding steroid dienone is 4. The van der Waals surface area contributed by atoms with Crippen LogP contribution in [0.3, 0.4) is 0 Å². The normalized spacial score (nSPS) is 17.2. The lowest BCUT2D eigenvalue weighted by atomic mass is 9.92. The number of fused-ring (bicyclic) bond motifs is 5. The minimum atomic E-state index is 0.294. The highest BCUT2D eigenvalue weighted by atomic mass is 15.0. The number of para-hydroxylation sites is 2. The van der Waals surface area contributed by atoms with E-state index in [2.05, 4.69) is 102 Å². The molecule has 0 spiro atoms. The molecule has 128 valence electrons.